The van der Waals surface area contributed by atoms with Crippen molar-refractivity contribution in [1.82, 2.24) is 10.9 Å². The summed E-state index contributed by atoms with van der Waals surface area (Å²) >= 11 is 0. The first-order chi connectivity index (χ1) is 10.6. The maximum Gasteiger partial charge on any atom is 0.272 e. The standard InChI is InChI=1S/C17H17FN2O2/c1-12-6-8-13(9-7-12)10-11-16(21)19-20-17(22)14-4-2-3-5-15(14)18/h2-9H,10-11H2,1H3,(H,19,21)(H,20,22). The van der Waals surface area contributed by atoms with Crippen LogP contribution in [0.2, 0.25) is 0 Å². The van der Waals surface area contributed by atoms with E-state index in [-0.39, 0.29) is 17.9 Å². The summed E-state index contributed by atoms with van der Waals surface area (Å²) in [4.78, 5) is 23.4. The van der Waals surface area contributed by atoms with E-state index in [0.29, 0.717) is 6.42 Å². The van der Waals surface area contributed by atoms with Gasteiger partial charge in [-0.3, -0.25) is 20.4 Å². The molecule has 2 rings (SSSR count). The van der Waals surface area contributed by atoms with E-state index in [1.165, 1.54) is 18.2 Å². The highest BCUT2D eigenvalue weighted by Crippen LogP contribution is 2.06. The number of hydrogen-bond acceptors (Lipinski definition) is 2. The highest BCUT2D eigenvalue weighted by molar-refractivity contribution is 5.95. The first kappa shape index (κ1) is 15.7. The number of carbonyl (C=O) groups is 2. The lowest BCUT2D eigenvalue weighted by molar-refractivity contribution is -0.121. The first-order valence-electron chi connectivity index (χ1n) is 6.95. The first-order valence-corrected chi connectivity index (χ1v) is 6.95. The second-order valence-corrected chi connectivity index (χ2v) is 4.97. The molecule has 2 amide bonds. The number of carbonyl (C=O) groups excluding carboxylic acids is 2. The van der Waals surface area contributed by atoms with Crippen molar-refractivity contribution in [3.8, 4) is 0 Å². The Morgan fingerprint density at radius 3 is 2.36 bits per heavy atom. The molecule has 0 fully saturated rings. The summed E-state index contributed by atoms with van der Waals surface area (Å²) in [6.07, 6.45) is 0.808. The van der Waals surface area contributed by atoms with Gasteiger partial charge in [0.05, 0.1) is 5.56 Å². The number of hydrazine groups is 1. The molecule has 0 saturated carbocycles. The van der Waals surface area contributed by atoms with Gasteiger partial charge in [-0.1, -0.05) is 42.0 Å². The van der Waals surface area contributed by atoms with Gasteiger partial charge in [-0.05, 0) is 31.0 Å². The van der Waals surface area contributed by atoms with Crippen molar-refractivity contribution in [1.29, 1.82) is 0 Å². The highest BCUT2D eigenvalue weighted by Gasteiger charge is 2.11. The van der Waals surface area contributed by atoms with Crippen LogP contribution in [-0.2, 0) is 11.2 Å². The normalized spacial score (nSPS) is 10.1. The molecule has 0 unspecified atom stereocenters. The van der Waals surface area contributed by atoms with Gasteiger partial charge < -0.3 is 0 Å². The minimum Gasteiger partial charge on any atom is -0.273 e. The highest BCUT2D eigenvalue weighted by atomic mass is 19.1. The summed E-state index contributed by atoms with van der Waals surface area (Å²) in [5, 5.41) is 0. The van der Waals surface area contributed by atoms with Crippen LogP contribution in [-0.4, -0.2) is 11.8 Å². The molecule has 0 aliphatic carbocycles. The summed E-state index contributed by atoms with van der Waals surface area (Å²) in [6, 6.07) is 13.5. The maximum absolute atomic E-state index is 13.4. The van der Waals surface area contributed by atoms with Crippen LogP contribution in [0.25, 0.3) is 0 Å². The van der Waals surface area contributed by atoms with Gasteiger partial charge in [-0.25, -0.2) is 4.39 Å². The number of aryl methyl sites for hydroxylation is 2. The summed E-state index contributed by atoms with van der Waals surface area (Å²) in [7, 11) is 0. The Morgan fingerprint density at radius 2 is 1.68 bits per heavy atom. The van der Waals surface area contributed by atoms with Crippen LogP contribution in [0.1, 0.15) is 27.9 Å². The summed E-state index contributed by atoms with van der Waals surface area (Å²) in [5.74, 6) is -1.64. The van der Waals surface area contributed by atoms with Crippen molar-refractivity contribution in [3.05, 3.63) is 71.0 Å². The van der Waals surface area contributed by atoms with Crippen molar-refractivity contribution in [2.75, 3.05) is 0 Å². The second kappa shape index (κ2) is 7.36. The lowest BCUT2D eigenvalue weighted by Crippen LogP contribution is -2.42. The average molecular weight is 300 g/mol. The van der Waals surface area contributed by atoms with Crippen molar-refractivity contribution in [2.45, 2.75) is 19.8 Å². The topological polar surface area (TPSA) is 58.2 Å². The summed E-state index contributed by atoms with van der Waals surface area (Å²) in [5.41, 5.74) is 6.58. The van der Waals surface area contributed by atoms with Gasteiger partial charge in [0.25, 0.3) is 5.91 Å². The quantitative estimate of drug-likeness (QED) is 0.853. The fraction of sp³-hybridized carbons (Fsp3) is 0.176. The molecule has 0 atom stereocenters. The summed E-state index contributed by atoms with van der Waals surface area (Å²) in [6.45, 7) is 1.99. The van der Waals surface area contributed by atoms with E-state index in [2.05, 4.69) is 10.9 Å². The number of halogens is 1. The Bertz CT molecular complexity index is 669. The molecule has 4 nitrogen and oxygen atoms in total. The molecule has 2 N–H and O–H groups in total. The smallest absolute Gasteiger partial charge is 0.272 e. The Morgan fingerprint density at radius 1 is 1.00 bits per heavy atom. The number of hydrogen-bond donors (Lipinski definition) is 2. The molecule has 0 spiro atoms. The molecule has 0 aromatic heterocycles. The number of amides is 2. The summed E-state index contributed by atoms with van der Waals surface area (Å²) < 4.78 is 13.4. The average Bonchev–Trinajstić information content (AvgIpc) is 2.52. The zero-order chi connectivity index (χ0) is 15.9. The molecular weight excluding hydrogens is 283 g/mol. The minimum atomic E-state index is -0.679. The van der Waals surface area contributed by atoms with Crippen molar-refractivity contribution < 1.29 is 14.0 Å². The third-order valence-corrected chi connectivity index (χ3v) is 3.20. The van der Waals surface area contributed by atoms with E-state index in [0.717, 1.165) is 11.1 Å². The molecule has 0 heterocycles. The second-order valence-electron chi connectivity index (χ2n) is 4.97. The van der Waals surface area contributed by atoms with E-state index in [1.54, 1.807) is 6.07 Å². The van der Waals surface area contributed by atoms with E-state index >= 15 is 0 Å². The number of benzene rings is 2. The minimum absolute atomic E-state index is 0.110. The Kier molecular flexibility index (Phi) is 5.25. The predicted octanol–water partition coefficient (Wildman–Crippen LogP) is 2.53. The predicted molar refractivity (Wildman–Crippen MR) is 81.5 cm³/mol. The van der Waals surface area contributed by atoms with Crippen molar-refractivity contribution >= 4 is 11.8 Å². The van der Waals surface area contributed by atoms with Crippen molar-refractivity contribution in [3.63, 3.8) is 0 Å². The molecule has 2 aromatic carbocycles. The lowest BCUT2D eigenvalue weighted by Gasteiger charge is -2.08. The van der Waals surface area contributed by atoms with E-state index in [9.17, 15) is 14.0 Å². The van der Waals surface area contributed by atoms with Gasteiger partial charge in [0.1, 0.15) is 5.82 Å². The van der Waals surface area contributed by atoms with Crippen LogP contribution in [0.15, 0.2) is 48.5 Å². The molecule has 0 aliphatic heterocycles. The van der Waals surface area contributed by atoms with Crippen LogP contribution < -0.4 is 10.9 Å². The zero-order valence-electron chi connectivity index (χ0n) is 12.2. The van der Waals surface area contributed by atoms with Gasteiger partial charge in [0.15, 0.2) is 0 Å². The molecule has 2 aromatic rings. The number of rotatable bonds is 4. The maximum atomic E-state index is 13.4. The number of nitrogens with one attached hydrogen (secondary N) is 2. The van der Waals surface area contributed by atoms with Crippen LogP contribution in [0.3, 0.4) is 0 Å². The lowest BCUT2D eigenvalue weighted by atomic mass is 10.1. The van der Waals surface area contributed by atoms with Gasteiger partial charge in [0.2, 0.25) is 5.91 Å². The molecule has 0 aliphatic rings. The molecule has 0 radical (unpaired) electrons. The third kappa shape index (κ3) is 4.41. The largest absolute Gasteiger partial charge is 0.273 e. The monoisotopic (exact) mass is 300 g/mol. The van der Waals surface area contributed by atoms with Crippen molar-refractivity contribution in [2.24, 2.45) is 0 Å². The zero-order valence-corrected chi connectivity index (χ0v) is 12.2. The molecule has 5 heteroatoms. The van der Waals surface area contributed by atoms with Gasteiger partial charge in [0, 0.05) is 6.42 Å². The van der Waals surface area contributed by atoms with Gasteiger partial charge in [-0.2, -0.15) is 0 Å². The van der Waals surface area contributed by atoms with E-state index < -0.39 is 11.7 Å². The van der Waals surface area contributed by atoms with E-state index in [1.807, 2.05) is 31.2 Å². The molecule has 0 saturated heterocycles. The molecule has 114 valence electrons. The van der Waals surface area contributed by atoms with E-state index in [4.69, 9.17) is 0 Å². The van der Waals surface area contributed by atoms with Crippen LogP contribution in [0.4, 0.5) is 4.39 Å². The third-order valence-electron chi connectivity index (χ3n) is 3.20. The molecule has 0 bridgehead atoms. The van der Waals surface area contributed by atoms with Gasteiger partial charge >= 0.3 is 0 Å². The van der Waals surface area contributed by atoms with Crippen LogP contribution in [0, 0.1) is 12.7 Å². The Hall–Kier alpha value is -2.69. The molecular formula is C17H17FN2O2. The SMILES string of the molecule is Cc1ccc(CCC(=O)NNC(=O)c2ccccc2F)cc1. The Labute approximate surface area is 128 Å². The molecule has 22 heavy (non-hydrogen) atoms. The van der Waals surface area contributed by atoms with Gasteiger partial charge in [-0.15, -0.1) is 0 Å². The Balaban J connectivity index is 1.79. The van der Waals surface area contributed by atoms with Crippen LogP contribution in [0.5, 0.6) is 0 Å². The fourth-order valence-electron chi connectivity index (χ4n) is 1.91. The van der Waals surface area contributed by atoms with Crippen LogP contribution >= 0.6 is 0 Å². The fourth-order valence-corrected chi connectivity index (χ4v) is 1.91.